The van der Waals surface area contributed by atoms with Crippen molar-refractivity contribution in [3.63, 3.8) is 0 Å². The lowest BCUT2D eigenvalue weighted by Crippen LogP contribution is -2.19. The second kappa shape index (κ2) is 6.75. The van der Waals surface area contributed by atoms with E-state index in [0.717, 1.165) is 25.3 Å². The molecule has 1 heterocycles. The van der Waals surface area contributed by atoms with Gasteiger partial charge in [-0.3, -0.25) is 0 Å². The van der Waals surface area contributed by atoms with Gasteiger partial charge in [0.25, 0.3) is 0 Å². The number of aliphatic hydroxyl groups excluding tert-OH is 1. The first kappa shape index (κ1) is 16.2. The van der Waals surface area contributed by atoms with Gasteiger partial charge in [-0.1, -0.05) is 6.07 Å². The summed E-state index contributed by atoms with van der Waals surface area (Å²) in [6.45, 7) is 0.690. The summed E-state index contributed by atoms with van der Waals surface area (Å²) in [7, 11) is 0. The number of alkyl halides is 3. The third kappa shape index (κ3) is 4.41. The number of ether oxygens (including phenoxy) is 1. The SMILES string of the molecule is OC(CCC1CCCCO1)c1ccc(F)c(C(F)(F)F)c1. The lowest BCUT2D eigenvalue weighted by Gasteiger charge is -2.23. The average molecular weight is 306 g/mol. The Labute approximate surface area is 120 Å². The van der Waals surface area contributed by atoms with Crippen LogP contribution < -0.4 is 0 Å². The Morgan fingerprint density at radius 2 is 2.05 bits per heavy atom. The maximum absolute atomic E-state index is 13.2. The fourth-order valence-electron chi connectivity index (χ4n) is 2.51. The molecule has 0 bridgehead atoms. The number of benzene rings is 1. The van der Waals surface area contributed by atoms with Crippen LogP contribution in [0.15, 0.2) is 18.2 Å². The Balaban J connectivity index is 2.00. The number of halogens is 4. The summed E-state index contributed by atoms with van der Waals surface area (Å²) >= 11 is 0. The van der Waals surface area contributed by atoms with Crippen LogP contribution in [0, 0.1) is 5.82 Å². The Morgan fingerprint density at radius 3 is 2.67 bits per heavy atom. The van der Waals surface area contributed by atoms with E-state index >= 15 is 0 Å². The first-order valence-corrected chi connectivity index (χ1v) is 7.04. The van der Waals surface area contributed by atoms with Crippen LogP contribution in [0.25, 0.3) is 0 Å². The van der Waals surface area contributed by atoms with Crippen molar-refractivity contribution in [2.24, 2.45) is 0 Å². The van der Waals surface area contributed by atoms with E-state index < -0.39 is 23.7 Å². The molecule has 118 valence electrons. The summed E-state index contributed by atoms with van der Waals surface area (Å²) in [5.74, 6) is -1.32. The molecule has 1 saturated heterocycles. The van der Waals surface area contributed by atoms with Crippen molar-refractivity contribution in [2.45, 2.75) is 50.5 Å². The monoisotopic (exact) mass is 306 g/mol. The molecule has 0 spiro atoms. The predicted molar refractivity (Wildman–Crippen MR) is 69.2 cm³/mol. The van der Waals surface area contributed by atoms with Crippen molar-refractivity contribution in [1.82, 2.24) is 0 Å². The highest BCUT2D eigenvalue weighted by Crippen LogP contribution is 2.34. The van der Waals surface area contributed by atoms with Crippen LogP contribution in [-0.4, -0.2) is 17.8 Å². The minimum absolute atomic E-state index is 0.0518. The molecule has 2 rings (SSSR count). The van der Waals surface area contributed by atoms with Crippen molar-refractivity contribution in [3.05, 3.63) is 35.1 Å². The molecule has 0 amide bonds. The lowest BCUT2D eigenvalue weighted by atomic mass is 9.98. The highest BCUT2D eigenvalue weighted by Gasteiger charge is 2.34. The van der Waals surface area contributed by atoms with Crippen molar-refractivity contribution in [3.8, 4) is 0 Å². The first-order chi connectivity index (χ1) is 9.88. The van der Waals surface area contributed by atoms with E-state index in [0.29, 0.717) is 25.5 Å². The maximum atomic E-state index is 13.2. The van der Waals surface area contributed by atoms with Gasteiger partial charge in [-0.15, -0.1) is 0 Å². The Morgan fingerprint density at radius 1 is 1.29 bits per heavy atom. The zero-order valence-corrected chi connectivity index (χ0v) is 11.5. The van der Waals surface area contributed by atoms with E-state index in [9.17, 15) is 22.7 Å². The summed E-state index contributed by atoms with van der Waals surface area (Å²) < 4.78 is 56.6. The molecule has 1 aliphatic rings. The van der Waals surface area contributed by atoms with Crippen molar-refractivity contribution in [1.29, 1.82) is 0 Å². The van der Waals surface area contributed by atoms with Gasteiger partial charge >= 0.3 is 6.18 Å². The third-order valence-corrected chi connectivity index (χ3v) is 3.72. The summed E-state index contributed by atoms with van der Waals surface area (Å²) in [6, 6.07) is 2.62. The molecular formula is C15H18F4O2. The van der Waals surface area contributed by atoms with Crippen LogP contribution in [0.3, 0.4) is 0 Å². The van der Waals surface area contributed by atoms with Gasteiger partial charge < -0.3 is 9.84 Å². The largest absolute Gasteiger partial charge is 0.419 e. The Bertz CT molecular complexity index is 467. The topological polar surface area (TPSA) is 29.5 Å². The van der Waals surface area contributed by atoms with Gasteiger partial charge in [0, 0.05) is 6.61 Å². The van der Waals surface area contributed by atoms with E-state index in [1.807, 2.05) is 0 Å². The zero-order valence-electron chi connectivity index (χ0n) is 11.5. The van der Waals surface area contributed by atoms with Gasteiger partial charge in [-0.25, -0.2) is 4.39 Å². The summed E-state index contributed by atoms with van der Waals surface area (Å²) in [4.78, 5) is 0. The van der Waals surface area contributed by atoms with Crippen LogP contribution in [0.1, 0.15) is 49.3 Å². The second-order valence-corrected chi connectivity index (χ2v) is 5.32. The van der Waals surface area contributed by atoms with E-state index in [1.54, 1.807) is 0 Å². The van der Waals surface area contributed by atoms with Gasteiger partial charge in [0.1, 0.15) is 5.82 Å². The van der Waals surface area contributed by atoms with Gasteiger partial charge in [0.2, 0.25) is 0 Å². The highest BCUT2D eigenvalue weighted by atomic mass is 19.4. The summed E-state index contributed by atoms with van der Waals surface area (Å²) in [5.41, 5.74) is -1.26. The molecule has 0 radical (unpaired) electrons. The van der Waals surface area contributed by atoms with Crippen molar-refractivity contribution in [2.75, 3.05) is 6.61 Å². The number of rotatable bonds is 4. The fourth-order valence-corrected chi connectivity index (χ4v) is 2.51. The van der Waals surface area contributed by atoms with Crippen LogP contribution in [0.5, 0.6) is 0 Å². The number of hydrogen-bond acceptors (Lipinski definition) is 2. The molecule has 2 nitrogen and oxygen atoms in total. The van der Waals surface area contributed by atoms with E-state index in [-0.39, 0.29) is 11.7 Å². The van der Waals surface area contributed by atoms with Gasteiger partial charge in [-0.2, -0.15) is 13.2 Å². The fraction of sp³-hybridized carbons (Fsp3) is 0.600. The summed E-state index contributed by atoms with van der Waals surface area (Å²) in [6.07, 6.45) is -1.88. The Hall–Kier alpha value is -1.14. The predicted octanol–water partition coefficient (Wildman–Crippen LogP) is 4.23. The van der Waals surface area contributed by atoms with Crippen LogP contribution in [-0.2, 0) is 10.9 Å². The molecule has 2 atom stereocenters. The third-order valence-electron chi connectivity index (χ3n) is 3.72. The first-order valence-electron chi connectivity index (χ1n) is 7.04. The lowest BCUT2D eigenvalue weighted by molar-refractivity contribution is -0.140. The van der Waals surface area contributed by atoms with E-state index in [1.165, 1.54) is 6.07 Å². The van der Waals surface area contributed by atoms with Crippen LogP contribution in [0.4, 0.5) is 17.6 Å². The average Bonchev–Trinajstić information content (AvgIpc) is 2.45. The van der Waals surface area contributed by atoms with Gasteiger partial charge in [0.05, 0.1) is 17.8 Å². The molecular weight excluding hydrogens is 288 g/mol. The van der Waals surface area contributed by atoms with Crippen molar-refractivity contribution >= 4 is 0 Å². The molecule has 21 heavy (non-hydrogen) atoms. The standard InChI is InChI=1S/C15H18F4O2/c16-13-6-4-10(9-12(13)15(17,18)19)14(20)7-5-11-3-1-2-8-21-11/h4,6,9,11,14,20H,1-3,5,7-8H2. The normalized spacial score (nSPS) is 21.3. The molecule has 0 aromatic heterocycles. The molecule has 1 aromatic carbocycles. The highest BCUT2D eigenvalue weighted by molar-refractivity contribution is 5.28. The smallest absolute Gasteiger partial charge is 0.388 e. The molecule has 0 saturated carbocycles. The summed E-state index contributed by atoms with van der Waals surface area (Å²) in [5, 5.41) is 9.99. The van der Waals surface area contributed by atoms with Gasteiger partial charge in [0.15, 0.2) is 0 Å². The maximum Gasteiger partial charge on any atom is 0.419 e. The molecule has 0 aliphatic carbocycles. The number of hydrogen-bond donors (Lipinski definition) is 1. The molecule has 1 aromatic rings. The quantitative estimate of drug-likeness (QED) is 0.844. The van der Waals surface area contributed by atoms with Gasteiger partial charge in [-0.05, 0) is 49.8 Å². The van der Waals surface area contributed by atoms with E-state index in [4.69, 9.17) is 4.74 Å². The minimum atomic E-state index is -4.76. The molecule has 1 N–H and O–H groups in total. The minimum Gasteiger partial charge on any atom is -0.388 e. The van der Waals surface area contributed by atoms with Crippen molar-refractivity contribution < 1.29 is 27.4 Å². The molecule has 1 fully saturated rings. The van der Waals surface area contributed by atoms with E-state index in [2.05, 4.69) is 0 Å². The van der Waals surface area contributed by atoms with Crippen LogP contribution >= 0.6 is 0 Å². The zero-order chi connectivity index (χ0) is 15.5. The Kier molecular flexibility index (Phi) is 5.22. The second-order valence-electron chi connectivity index (χ2n) is 5.32. The molecule has 6 heteroatoms. The molecule has 2 unspecified atom stereocenters. The molecule has 1 aliphatic heterocycles. The number of aliphatic hydroxyl groups is 1. The van der Waals surface area contributed by atoms with Crippen LogP contribution in [0.2, 0.25) is 0 Å².